The van der Waals surface area contributed by atoms with Gasteiger partial charge < -0.3 is 15.2 Å². The number of nitro benzene ring substituents is 1. The molecule has 2 aliphatic heterocycles. The smallest absolute Gasteiger partial charge is 0.271 e. The Kier molecular flexibility index (Phi) is 3.62. The fourth-order valence-corrected chi connectivity index (χ4v) is 3.50. The average molecular weight is 316 g/mol. The number of nitro groups is 1. The lowest BCUT2D eigenvalue weighted by Crippen LogP contribution is -2.51. The molecule has 0 saturated carbocycles. The van der Waals surface area contributed by atoms with E-state index in [1.54, 1.807) is 12.1 Å². The highest BCUT2D eigenvalue weighted by molar-refractivity contribution is 5.80. The van der Waals surface area contributed by atoms with E-state index in [2.05, 4.69) is 25.1 Å². The van der Waals surface area contributed by atoms with Gasteiger partial charge in [0, 0.05) is 50.9 Å². The topological polar surface area (TPSA) is 90.3 Å². The lowest BCUT2D eigenvalue weighted by molar-refractivity contribution is -0.384. The Morgan fingerprint density at radius 1 is 1.26 bits per heavy atom. The number of piperazine rings is 1. The van der Waals surface area contributed by atoms with Crippen molar-refractivity contribution < 1.29 is 4.92 Å². The Labute approximate surface area is 133 Å². The summed E-state index contributed by atoms with van der Waals surface area (Å²) in [4.78, 5) is 23.1. The second kappa shape index (κ2) is 5.78. The Hall–Kier alpha value is -2.19. The zero-order chi connectivity index (χ0) is 15.8. The quantitative estimate of drug-likeness (QED) is 0.647. The number of H-pyrrole nitrogens is 1. The molecule has 1 aromatic carbocycles. The number of anilines is 1. The molecule has 2 N–H and O–H groups in total. The summed E-state index contributed by atoms with van der Waals surface area (Å²) in [5, 5.41) is 14.3. The molecule has 23 heavy (non-hydrogen) atoms. The lowest BCUT2D eigenvalue weighted by Gasteiger charge is -2.37. The number of nitrogens with one attached hydrogen (secondary N) is 2. The first-order chi connectivity index (χ1) is 11.2. The summed E-state index contributed by atoms with van der Waals surface area (Å²) in [7, 11) is 0. The van der Waals surface area contributed by atoms with Gasteiger partial charge >= 0.3 is 0 Å². The molecule has 122 valence electrons. The predicted octanol–water partition coefficient (Wildman–Crippen LogP) is 0.955. The molecule has 0 aliphatic carbocycles. The maximum absolute atomic E-state index is 10.9. The van der Waals surface area contributed by atoms with E-state index in [0.29, 0.717) is 6.04 Å². The van der Waals surface area contributed by atoms with Crippen molar-refractivity contribution in [3.05, 3.63) is 28.3 Å². The number of benzene rings is 1. The van der Waals surface area contributed by atoms with Gasteiger partial charge in [0.2, 0.25) is 5.95 Å². The Bertz CT molecular complexity index is 716. The molecule has 0 amide bonds. The Morgan fingerprint density at radius 2 is 2.09 bits per heavy atom. The van der Waals surface area contributed by atoms with E-state index in [4.69, 9.17) is 0 Å². The highest BCUT2D eigenvalue weighted by Gasteiger charge is 2.27. The molecule has 2 saturated heterocycles. The first-order valence-electron chi connectivity index (χ1n) is 8.04. The molecule has 4 rings (SSSR count). The molecule has 0 bridgehead atoms. The van der Waals surface area contributed by atoms with Crippen LogP contribution < -0.4 is 10.2 Å². The second-order valence-corrected chi connectivity index (χ2v) is 6.19. The van der Waals surface area contributed by atoms with Crippen LogP contribution in [0.25, 0.3) is 11.0 Å². The second-order valence-electron chi connectivity index (χ2n) is 6.19. The number of non-ortho nitro benzene ring substituents is 1. The molecule has 0 radical (unpaired) electrons. The maximum atomic E-state index is 10.9. The minimum atomic E-state index is -0.381. The van der Waals surface area contributed by atoms with Crippen molar-refractivity contribution in [3.8, 4) is 0 Å². The molecule has 2 fully saturated rings. The molecule has 1 unspecified atom stereocenters. The van der Waals surface area contributed by atoms with E-state index in [0.717, 1.165) is 56.3 Å². The van der Waals surface area contributed by atoms with E-state index in [1.807, 2.05) is 0 Å². The number of aromatic nitrogens is 2. The molecule has 8 heteroatoms. The predicted molar refractivity (Wildman–Crippen MR) is 87.8 cm³/mol. The van der Waals surface area contributed by atoms with Gasteiger partial charge in [-0.2, -0.15) is 0 Å². The lowest BCUT2D eigenvalue weighted by atomic mass is 10.2. The summed E-state index contributed by atoms with van der Waals surface area (Å²) < 4.78 is 0. The number of rotatable bonds is 3. The Morgan fingerprint density at radius 3 is 2.78 bits per heavy atom. The monoisotopic (exact) mass is 316 g/mol. The summed E-state index contributed by atoms with van der Waals surface area (Å²) in [6, 6.07) is 5.41. The maximum Gasteiger partial charge on any atom is 0.271 e. The van der Waals surface area contributed by atoms with Crippen molar-refractivity contribution in [2.75, 3.05) is 44.2 Å². The molecular weight excluding hydrogens is 296 g/mol. The van der Waals surface area contributed by atoms with Crippen LogP contribution in [-0.4, -0.2) is 65.1 Å². The molecule has 8 nitrogen and oxygen atoms in total. The van der Waals surface area contributed by atoms with Crippen molar-refractivity contribution in [1.82, 2.24) is 20.2 Å². The zero-order valence-corrected chi connectivity index (χ0v) is 12.9. The number of hydrogen-bond acceptors (Lipinski definition) is 6. The van der Waals surface area contributed by atoms with Crippen molar-refractivity contribution in [2.24, 2.45) is 0 Å². The van der Waals surface area contributed by atoms with Crippen LogP contribution in [0.3, 0.4) is 0 Å². The van der Waals surface area contributed by atoms with E-state index >= 15 is 0 Å². The van der Waals surface area contributed by atoms with E-state index in [-0.39, 0.29) is 10.6 Å². The van der Waals surface area contributed by atoms with Crippen LogP contribution in [-0.2, 0) is 0 Å². The number of fused-ring (bicyclic) bond motifs is 1. The molecule has 3 heterocycles. The third-order valence-electron chi connectivity index (χ3n) is 4.83. The summed E-state index contributed by atoms with van der Waals surface area (Å²) in [5.41, 5.74) is 1.58. The normalized spacial score (nSPS) is 22.8. The molecule has 1 aromatic heterocycles. The first-order valence-corrected chi connectivity index (χ1v) is 8.04. The highest BCUT2D eigenvalue weighted by atomic mass is 16.6. The summed E-state index contributed by atoms with van der Waals surface area (Å²) >= 11 is 0. The summed E-state index contributed by atoms with van der Waals surface area (Å²) in [5.74, 6) is 0.810. The molecule has 2 aliphatic rings. The van der Waals surface area contributed by atoms with Gasteiger partial charge in [-0.25, -0.2) is 4.98 Å². The van der Waals surface area contributed by atoms with Gasteiger partial charge in [-0.15, -0.1) is 0 Å². The van der Waals surface area contributed by atoms with Crippen molar-refractivity contribution >= 4 is 22.7 Å². The average Bonchev–Trinajstić information content (AvgIpc) is 3.23. The van der Waals surface area contributed by atoms with Gasteiger partial charge in [-0.1, -0.05) is 0 Å². The summed E-state index contributed by atoms with van der Waals surface area (Å²) in [6.45, 7) is 6.13. The highest BCUT2D eigenvalue weighted by Crippen LogP contribution is 2.23. The van der Waals surface area contributed by atoms with E-state index in [9.17, 15) is 10.1 Å². The van der Waals surface area contributed by atoms with Crippen molar-refractivity contribution in [2.45, 2.75) is 12.5 Å². The number of nitrogens with zero attached hydrogens (tertiary/aromatic N) is 4. The van der Waals surface area contributed by atoms with Gasteiger partial charge in [0.15, 0.2) is 0 Å². The molecule has 2 aromatic rings. The number of hydrogen-bond donors (Lipinski definition) is 2. The molecular formula is C15H20N6O2. The van der Waals surface area contributed by atoms with Crippen LogP contribution in [0.15, 0.2) is 18.2 Å². The van der Waals surface area contributed by atoms with Gasteiger partial charge in [0.05, 0.1) is 16.0 Å². The third kappa shape index (κ3) is 2.75. The van der Waals surface area contributed by atoms with Crippen LogP contribution >= 0.6 is 0 Å². The van der Waals surface area contributed by atoms with Crippen LogP contribution in [0.1, 0.15) is 6.42 Å². The van der Waals surface area contributed by atoms with Crippen LogP contribution in [0, 0.1) is 10.1 Å². The van der Waals surface area contributed by atoms with Crippen LogP contribution in [0.5, 0.6) is 0 Å². The SMILES string of the molecule is O=[N+]([O-])c1ccc2nc(N3CCN(C4CCNC4)CC3)[nH]c2c1. The number of aromatic amines is 1. The minimum Gasteiger partial charge on any atom is -0.340 e. The third-order valence-corrected chi connectivity index (χ3v) is 4.83. The molecule has 0 spiro atoms. The van der Waals surface area contributed by atoms with Gasteiger partial charge in [0.25, 0.3) is 5.69 Å². The first kappa shape index (κ1) is 14.4. The fourth-order valence-electron chi connectivity index (χ4n) is 3.50. The largest absolute Gasteiger partial charge is 0.340 e. The van der Waals surface area contributed by atoms with E-state index < -0.39 is 0 Å². The van der Waals surface area contributed by atoms with Crippen LogP contribution in [0.4, 0.5) is 11.6 Å². The van der Waals surface area contributed by atoms with E-state index in [1.165, 1.54) is 12.5 Å². The molecule has 1 atom stereocenters. The van der Waals surface area contributed by atoms with Crippen molar-refractivity contribution in [1.29, 1.82) is 0 Å². The standard InChI is InChI=1S/C15H20N6O2/c22-21(23)11-1-2-13-14(9-11)18-15(17-13)20-7-5-19(6-8-20)12-3-4-16-10-12/h1-2,9,12,16H,3-8,10H2,(H,17,18). The zero-order valence-electron chi connectivity index (χ0n) is 12.9. The van der Waals surface area contributed by atoms with Gasteiger partial charge in [0.1, 0.15) is 0 Å². The van der Waals surface area contributed by atoms with Gasteiger partial charge in [-0.3, -0.25) is 15.0 Å². The van der Waals surface area contributed by atoms with Crippen molar-refractivity contribution in [3.63, 3.8) is 0 Å². The summed E-state index contributed by atoms with van der Waals surface area (Å²) in [6.07, 6.45) is 1.23. The van der Waals surface area contributed by atoms with Gasteiger partial charge in [-0.05, 0) is 19.0 Å². The Balaban J connectivity index is 1.48. The number of imidazole rings is 1. The minimum absolute atomic E-state index is 0.0891. The van der Waals surface area contributed by atoms with Crippen LogP contribution in [0.2, 0.25) is 0 Å². The fraction of sp³-hybridized carbons (Fsp3) is 0.533.